The smallest absolute Gasteiger partial charge is 0.0384 e. The number of hydrogen-bond donors (Lipinski definition) is 1. The average molecular weight is 203 g/mol. The van der Waals surface area contributed by atoms with E-state index in [-0.39, 0.29) is 0 Å². The molecule has 1 nitrogen and oxygen atoms in total. The van der Waals surface area contributed by atoms with Gasteiger partial charge >= 0.3 is 0 Å². The molecule has 1 aromatic rings. The molecule has 1 aliphatic carbocycles. The van der Waals surface area contributed by atoms with Crippen molar-refractivity contribution >= 4 is 5.69 Å². The molecule has 0 heterocycles. The van der Waals surface area contributed by atoms with Crippen molar-refractivity contribution in [3.63, 3.8) is 0 Å². The molecule has 0 saturated heterocycles. The van der Waals surface area contributed by atoms with Crippen LogP contribution < -0.4 is 5.73 Å². The molecule has 1 fully saturated rings. The summed E-state index contributed by atoms with van der Waals surface area (Å²) in [6.45, 7) is 6.72. The number of nitrogen functional groups attached to an aromatic ring is 1. The van der Waals surface area contributed by atoms with E-state index < -0.39 is 0 Å². The lowest BCUT2D eigenvalue weighted by Crippen LogP contribution is -2.05. The summed E-state index contributed by atoms with van der Waals surface area (Å²) in [6, 6.07) is 6.51. The van der Waals surface area contributed by atoms with E-state index in [2.05, 4.69) is 39.0 Å². The summed E-state index contributed by atoms with van der Waals surface area (Å²) >= 11 is 0. The van der Waals surface area contributed by atoms with Crippen molar-refractivity contribution < 1.29 is 0 Å². The lowest BCUT2D eigenvalue weighted by Gasteiger charge is -2.18. The molecule has 2 N–H and O–H groups in total. The second-order valence-corrected chi connectivity index (χ2v) is 5.13. The van der Waals surface area contributed by atoms with Gasteiger partial charge in [-0.3, -0.25) is 0 Å². The van der Waals surface area contributed by atoms with Crippen molar-refractivity contribution in [3.05, 3.63) is 29.3 Å². The summed E-state index contributed by atoms with van der Waals surface area (Å²) in [6.07, 6.45) is 2.76. The highest BCUT2D eigenvalue weighted by molar-refractivity contribution is 5.56. The molecule has 15 heavy (non-hydrogen) atoms. The second kappa shape index (κ2) is 3.88. The van der Waals surface area contributed by atoms with Gasteiger partial charge in [0.15, 0.2) is 0 Å². The molecular weight excluding hydrogens is 182 g/mol. The van der Waals surface area contributed by atoms with Gasteiger partial charge in [-0.2, -0.15) is 0 Å². The van der Waals surface area contributed by atoms with Crippen LogP contribution in [-0.2, 0) is 0 Å². The second-order valence-electron chi connectivity index (χ2n) is 5.13. The zero-order chi connectivity index (χ0) is 11.0. The lowest BCUT2D eigenvalue weighted by atomic mass is 9.90. The number of benzene rings is 1. The third kappa shape index (κ3) is 2.01. The highest BCUT2D eigenvalue weighted by Gasteiger charge is 2.30. The van der Waals surface area contributed by atoms with Gasteiger partial charge in [0.1, 0.15) is 0 Å². The van der Waals surface area contributed by atoms with E-state index in [9.17, 15) is 0 Å². The van der Waals surface area contributed by atoms with Crippen molar-refractivity contribution in [2.24, 2.45) is 5.92 Å². The largest absolute Gasteiger partial charge is 0.398 e. The Bertz CT molecular complexity index is 350. The monoisotopic (exact) mass is 203 g/mol. The van der Waals surface area contributed by atoms with E-state index in [4.69, 9.17) is 5.73 Å². The maximum atomic E-state index is 6.25. The molecule has 2 rings (SSSR count). The molecule has 0 radical (unpaired) electrons. The van der Waals surface area contributed by atoms with Crippen LogP contribution in [0.4, 0.5) is 5.69 Å². The summed E-state index contributed by atoms with van der Waals surface area (Å²) in [5.41, 5.74) is 9.96. The summed E-state index contributed by atoms with van der Waals surface area (Å²) in [5, 5.41) is 0. The quantitative estimate of drug-likeness (QED) is 0.741. The van der Waals surface area contributed by atoms with Crippen LogP contribution >= 0.6 is 0 Å². The lowest BCUT2D eigenvalue weighted by molar-refractivity contribution is 0.664. The van der Waals surface area contributed by atoms with Crippen molar-refractivity contribution in [3.8, 4) is 0 Å². The molecule has 1 heteroatoms. The highest BCUT2D eigenvalue weighted by atomic mass is 14.6. The van der Waals surface area contributed by atoms with E-state index in [0.29, 0.717) is 11.8 Å². The van der Waals surface area contributed by atoms with Gasteiger partial charge in [0.2, 0.25) is 0 Å². The van der Waals surface area contributed by atoms with Gasteiger partial charge in [0.05, 0.1) is 0 Å². The molecule has 0 spiro atoms. The van der Waals surface area contributed by atoms with E-state index in [1.807, 2.05) is 0 Å². The van der Waals surface area contributed by atoms with Crippen LogP contribution in [0, 0.1) is 5.92 Å². The van der Waals surface area contributed by atoms with Crippen LogP contribution in [0.2, 0.25) is 0 Å². The fourth-order valence-electron chi connectivity index (χ4n) is 2.35. The first kappa shape index (κ1) is 10.5. The SMILES string of the molecule is CC(C)c1cccc([C@H](C)C2CC2)c1N. The van der Waals surface area contributed by atoms with Gasteiger partial charge in [-0.05, 0) is 41.7 Å². The minimum Gasteiger partial charge on any atom is -0.398 e. The molecule has 1 aromatic carbocycles. The first-order valence-electron chi connectivity index (χ1n) is 5.99. The number of hydrogen-bond acceptors (Lipinski definition) is 1. The average Bonchev–Trinajstić information content (AvgIpc) is 3.00. The van der Waals surface area contributed by atoms with Gasteiger partial charge in [-0.1, -0.05) is 39.0 Å². The Morgan fingerprint density at radius 3 is 2.27 bits per heavy atom. The molecule has 0 aliphatic heterocycles. The molecule has 0 bridgehead atoms. The highest BCUT2D eigenvalue weighted by Crippen LogP contribution is 2.44. The summed E-state index contributed by atoms with van der Waals surface area (Å²) in [5.74, 6) is 2.05. The maximum absolute atomic E-state index is 6.25. The Hall–Kier alpha value is -0.980. The van der Waals surface area contributed by atoms with Gasteiger partial charge in [-0.25, -0.2) is 0 Å². The number of anilines is 1. The van der Waals surface area contributed by atoms with Crippen LogP contribution in [0.1, 0.15) is 56.6 Å². The molecular formula is C14H21N. The van der Waals surface area contributed by atoms with E-state index >= 15 is 0 Å². The van der Waals surface area contributed by atoms with Crippen molar-refractivity contribution in [2.45, 2.75) is 45.4 Å². The van der Waals surface area contributed by atoms with Crippen LogP contribution in [0.15, 0.2) is 18.2 Å². The molecule has 1 saturated carbocycles. The Labute approximate surface area is 92.7 Å². The van der Waals surface area contributed by atoms with Crippen molar-refractivity contribution in [2.75, 3.05) is 5.73 Å². The molecule has 82 valence electrons. The Balaban J connectivity index is 2.34. The predicted molar refractivity (Wildman–Crippen MR) is 66.1 cm³/mol. The molecule has 0 amide bonds. The third-order valence-corrected chi connectivity index (χ3v) is 3.62. The topological polar surface area (TPSA) is 26.0 Å². The van der Waals surface area contributed by atoms with E-state index in [1.54, 1.807) is 0 Å². The maximum Gasteiger partial charge on any atom is 0.0384 e. The van der Waals surface area contributed by atoms with Crippen molar-refractivity contribution in [1.82, 2.24) is 0 Å². The fraction of sp³-hybridized carbons (Fsp3) is 0.571. The molecule has 0 aromatic heterocycles. The Kier molecular flexibility index (Phi) is 2.72. The predicted octanol–water partition coefficient (Wildman–Crippen LogP) is 3.91. The summed E-state index contributed by atoms with van der Waals surface area (Å²) < 4.78 is 0. The van der Waals surface area contributed by atoms with Gasteiger partial charge in [0, 0.05) is 5.69 Å². The molecule has 1 atom stereocenters. The van der Waals surface area contributed by atoms with Crippen LogP contribution in [0.25, 0.3) is 0 Å². The zero-order valence-electron chi connectivity index (χ0n) is 9.96. The first-order chi connectivity index (χ1) is 7.11. The Morgan fingerprint density at radius 1 is 1.13 bits per heavy atom. The number of nitrogens with two attached hydrogens (primary N) is 1. The summed E-state index contributed by atoms with van der Waals surface area (Å²) in [7, 11) is 0. The third-order valence-electron chi connectivity index (χ3n) is 3.62. The molecule has 1 aliphatic rings. The number of para-hydroxylation sites is 1. The fourth-order valence-corrected chi connectivity index (χ4v) is 2.35. The normalized spacial score (nSPS) is 18.1. The van der Waals surface area contributed by atoms with Gasteiger partial charge in [-0.15, -0.1) is 0 Å². The zero-order valence-corrected chi connectivity index (χ0v) is 9.96. The number of rotatable bonds is 3. The van der Waals surface area contributed by atoms with Crippen LogP contribution in [0.3, 0.4) is 0 Å². The van der Waals surface area contributed by atoms with Crippen molar-refractivity contribution in [1.29, 1.82) is 0 Å². The van der Waals surface area contributed by atoms with E-state index in [1.165, 1.54) is 24.0 Å². The van der Waals surface area contributed by atoms with Gasteiger partial charge < -0.3 is 5.73 Å². The van der Waals surface area contributed by atoms with Crippen LogP contribution in [-0.4, -0.2) is 0 Å². The first-order valence-corrected chi connectivity index (χ1v) is 5.99. The minimum absolute atomic E-state index is 0.524. The standard InChI is InChI=1S/C14H21N/c1-9(2)12-5-4-6-13(14(12)15)10(3)11-7-8-11/h4-6,9-11H,7-8,15H2,1-3H3/t10-/m1/s1. The summed E-state index contributed by atoms with van der Waals surface area (Å²) in [4.78, 5) is 0. The Morgan fingerprint density at radius 2 is 1.73 bits per heavy atom. The minimum atomic E-state index is 0.524. The van der Waals surface area contributed by atoms with E-state index in [0.717, 1.165) is 11.6 Å². The van der Waals surface area contributed by atoms with Gasteiger partial charge in [0.25, 0.3) is 0 Å². The van der Waals surface area contributed by atoms with Crippen LogP contribution in [0.5, 0.6) is 0 Å². The molecule has 0 unspecified atom stereocenters.